The average molecular weight is 317 g/mol. The summed E-state index contributed by atoms with van der Waals surface area (Å²) in [6.45, 7) is 10.7. The number of piperidine rings is 1. The number of carbonyl (C=O) groups excluding carboxylic acids is 1. The van der Waals surface area contributed by atoms with Crippen LogP contribution in [0.1, 0.15) is 45.6 Å². The number of benzene rings is 1. The largest absolute Gasteiger partial charge is 0.444 e. The van der Waals surface area contributed by atoms with Crippen LogP contribution >= 0.6 is 0 Å². The first-order chi connectivity index (χ1) is 10.7. The molecule has 0 unspecified atom stereocenters. The molecule has 1 N–H and O–H groups in total. The Hall–Kier alpha value is -1.81. The van der Waals surface area contributed by atoms with Gasteiger partial charge in [0.25, 0.3) is 0 Å². The third kappa shape index (κ3) is 5.10. The first-order valence-corrected chi connectivity index (χ1v) is 8.12. The van der Waals surface area contributed by atoms with Crippen molar-refractivity contribution in [3.63, 3.8) is 0 Å². The molecule has 1 fully saturated rings. The molecule has 0 radical (unpaired) electrons. The molecule has 1 aliphatic heterocycles. The standard InChI is InChI=1S/C19H27NO3/c1-15(16-8-6-5-7-9-16)14-19(22)10-12-20(13-11-19)17(21)23-18(2,3)4/h5-9,22H,1,10-14H2,2-4H3. The Labute approximate surface area is 138 Å². The number of amides is 1. The highest BCUT2D eigenvalue weighted by molar-refractivity contribution is 5.68. The van der Waals surface area contributed by atoms with Gasteiger partial charge in [-0.1, -0.05) is 36.9 Å². The first kappa shape index (κ1) is 17.5. The SMILES string of the molecule is C=C(CC1(O)CCN(C(=O)OC(C)(C)C)CC1)c1ccccc1. The van der Waals surface area contributed by atoms with Crippen molar-refractivity contribution in [2.45, 2.75) is 51.2 Å². The van der Waals surface area contributed by atoms with E-state index < -0.39 is 11.2 Å². The Balaban J connectivity index is 1.90. The van der Waals surface area contributed by atoms with Gasteiger partial charge in [0.15, 0.2) is 0 Å². The summed E-state index contributed by atoms with van der Waals surface area (Å²) in [5, 5.41) is 10.8. The van der Waals surface area contributed by atoms with Crippen molar-refractivity contribution in [1.82, 2.24) is 4.90 Å². The summed E-state index contributed by atoms with van der Waals surface area (Å²) < 4.78 is 5.38. The van der Waals surface area contributed by atoms with Crippen LogP contribution in [0.3, 0.4) is 0 Å². The predicted molar refractivity (Wildman–Crippen MR) is 92.1 cm³/mol. The zero-order valence-corrected chi connectivity index (χ0v) is 14.3. The molecule has 2 rings (SSSR count). The van der Waals surface area contributed by atoms with Crippen LogP contribution in [0, 0.1) is 0 Å². The van der Waals surface area contributed by atoms with Crippen molar-refractivity contribution in [1.29, 1.82) is 0 Å². The topological polar surface area (TPSA) is 49.8 Å². The molecule has 1 saturated heterocycles. The minimum absolute atomic E-state index is 0.304. The second-order valence-electron chi connectivity index (χ2n) is 7.34. The molecule has 1 aromatic carbocycles. The van der Waals surface area contributed by atoms with Crippen molar-refractivity contribution in [3.05, 3.63) is 42.5 Å². The molecule has 1 amide bonds. The highest BCUT2D eigenvalue weighted by Gasteiger charge is 2.35. The summed E-state index contributed by atoms with van der Waals surface area (Å²) in [6.07, 6.45) is 1.30. The predicted octanol–water partition coefficient (Wildman–Crippen LogP) is 3.85. The van der Waals surface area contributed by atoms with Gasteiger partial charge in [0.05, 0.1) is 5.60 Å². The zero-order chi connectivity index (χ0) is 17.1. The summed E-state index contributed by atoms with van der Waals surface area (Å²) >= 11 is 0. The molecule has 0 saturated carbocycles. The molecule has 0 spiro atoms. The van der Waals surface area contributed by atoms with Gasteiger partial charge in [0, 0.05) is 19.5 Å². The van der Waals surface area contributed by atoms with Gasteiger partial charge in [-0.2, -0.15) is 0 Å². The van der Waals surface area contributed by atoms with Crippen LogP contribution in [-0.4, -0.2) is 40.4 Å². The fourth-order valence-electron chi connectivity index (χ4n) is 2.78. The van der Waals surface area contributed by atoms with E-state index in [2.05, 4.69) is 6.58 Å². The fraction of sp³-hybridized carbons (Fsp3) is 0.526. The number of hydrogen-bond donors (Lipinski definition) is 1. The lowest BCUT2D eigenvalue weighted by atomic mass is 9.84. The molecule has 126 valence electrons. The normalized spacial score (nSPS) is 17.7. The van der Waals surface area contributed by atoms with E-state index in [0.717, 1.165) is 11.1 Å². The summed E-state index contributed by atoms with van der Waals surface area (Å²) in [5.41, 5.74) is 0.687. The molecule has 0 aromatic heterocycles. The molecule has 0 aliphatic carbocycles. The van der Waals surface area contributed by atoms with Gasteiger partial charge in [0.1, 0.15) is 5.60 Å². The molecule has 4 heteroatoms. The third-order valence-corrected chi connectivity index (χ3v) is 4.07. The van der Waals surface area contributed by atoms with E-state index in [4.69, 9.17) is 4.74 Å². The van der Waals surface area contributed by atoms with Crippen LogP contribution in [-0.2, 0) is 4.74 Å². The van der Waals surface area contributed by atoms with Crippen LogP contribution in [0.5, 0.6) is 0 Å². The summed E-state index contributed by atoms with van der Waals surface area (Å²) in [4.78, 5) is 13.7. The number of carbonyl (C=O) groups is 1. The third-order valence-electron chi connectivity index (χ3n) is 4.07. The highest BCUT2D eigenvalue weighted by Crippen LogP contribution is 2.32. The van der Waals surface area contributed by atoms with Gasteiger partial charge in [-0.3, -0.25) is 0 Å². The molecule has 1 aliphatic rings. The maximum absolute atomic E-state index is 12.1. The van der Waals surface area contributed by atoms with E-state index in [-0.39, 0.29) is 6.09 Å². The number of nitrogens with zero attached hydrogens (tertiary/aromatic N) is 1. The van der Waals surface area contributed by atoms with Gasteiger partial charge in [-0.05, 0) is 44.7 Å². The van der Waals surface area contributed by atoms with Crippen LogP contribution < -0.4 is 0 Å². The van der Waals surface area contributed by atoms with E-state index in [1.165, 1.54) is 0 Å². The quantitative estimate of drug-likeness (QED) is 0.921. The Morgan fingerprint density at radius 1 is 1.26 bits per heavy atom. The molecular weight excluding hydrogens is 290 g/mol. The average Bonchev–Trinajstić information content (AvgIpc) is 2.46. The van der Waals surface area contributed by atoms with Crippen LogP contribution in [0.15, 0.2) is 36.9 Å². The van der Waals surface area contributed by atoms with Gasteiger partial charge in [-0.15, -0.1) is 0 Å². The Morgan fingerprint density at radius 3 is 2.35 bits per heavy atom. The number of likely N-dealkylation sites (tertiary alicyclic amines) is 1. The summed E-state index contributed by atoms with van der Waals surface area (Å²) in [5.74, 6) is 0. The Kier molecular flexibility index (Phi) is 5.15. The first-order valence-electron chi connectivity index (χ1n) is 8.12. The Morgan fingerprint density at radius 2 is 1.83 bits per heavy atom. The van der Waals surface area contributed by atoms with Crippen LogP contribution in [0.2, 0.25) is 0 Å². The van der Waals surface area contributed by atoms with Gasteiger partial charge in [0.2, 0.25) is 0 Å². The van der Waals surface area contributed by atoms with Crippen LogP contribution in [0.4, 0.5) is 4.79 Å². The monoisotopic (exact) mass is 317 g/mol. The van der Waals surface area contributed by atoms with Crippen molar-refractivity contribution in [3.8, 4) is 0 Å². The number of ether oxygens (including phenoxy) is 1. The summed E-state index contributed by atoms with van der Waals surface area (Å²) in [6, 6.07) is 9.90. The van der Waals surface area contributed by atoms with Gasteiger partial charge >= 0.3 is 6.09 Å². The number of hydrogen-bond acceptors (Lipinski definition) is 3. The molecule has 23 heavy (non-hydrogen) atoms. The lowest BCUT2D eigenvalue weighted by Crippen LogP contribution is -2.48. The van der Waals surface area contributed by atoms with Crippen molar-refractivity contribution >= 4 is 11.7 Å². The van der Waals surface area contributed by atoms with E-state index in [9.17, 15) is 9.90 Å². The van der Waals surface area contributed by atoms with Crippen molar-refractivity contribution in [2.24, 2.45) is 0 Å². The van der Waals surface area contributed by atoms with Crippen molar-refractivity contribution < 1.29 is 14.6 Å². The van der Waals surface area contributed by atoms with Gasteiger partial charge < -0.3 is 14.7 Å². The van der Waals surface area contributed by atoms with E-state index >= 15 is 0 Å². The molecule has 1 aromatic rings. The molecule has 1 heterocycles. The second kappa shape index (κ2) is 6.75. The number of aliphatic hydroxyl groups is 1. The van der Waals surface area contributed by atoms with E-state index in [1.54, 1.807) is 4.90 Å². The minimum Gasteiger partial charge on any atom is -0.444 e. The van der Waals surface area contributed by atoms with E-state index in [0.29, 0.717) is 32.4 Å². The maximum atomic E-state index is 12.1. The number of rotatable bonds is 3. The van der Waals surface area contributed by atoms with Crippen molar-refractivity contribution in [2.75, 3.05) is 13.1 Å². The van der Waals surface area contributed by atoms with Crippen LogP contribution in [0.25, 0.3) is 5.57 Å². The maximum Gasteiger partial charge on any atom is 0.410 e. The smallest absolute Gasteiger partial charge is 0.410 e. The Bertz CT molecular complexity index is 552. The highest BCUT2D eigenvalue weighted by atomic mass is 16.6. The fourth-order valence-corrected chi connectivity index (χ4v) is 2.78. The lowest BCUT2D eigenvalue weighted by Gasteiger charge is -2.39. The lowest BCUT2D eigenvalue weighted by molar-refractivity contribution is -0.0288. The van der Waals surface area contributed by atoms with E-state index in [1.807, 2.05) is 51.1 Å². The molecule has 4 nitrogen and oxygen atoms in total. The second-order valence-corrected chi connectivity index (χ2v) is 7.34. The summed E-state index contributed by atoms with van der Waals surface area (Å²) in [7, 11) is 0. The molecular formula is C19H27NO3. The minimum atomic E-state index is -0.800. The zero-order valence-electron chi connectivity index (χ0n) is 14.3. The molecule has 0 bridgehead atoms. The molecule has 0 atom stereocenters. The van der Waals surface area contributed by atoms with Gasteiger partial charge in [-0.25, -0.2) is 4.79 Å².